The molecule has 8 nitrogen and oxygen atoms in total. The van der Waals surface area contributed by atoms with Gasteiger partial charge in [0.25, 0.3) is 0 Å². The maximum Gasteiger partial charge on any atom is 0.340 e. The van der Waals surface area contributed by atoms with Gasteiger partial charge in [0.2, 0.25) is 5.91 Å². The van der Waals surface area contributed by atoms with E-state index in [2.05, 4.69) is 20.3 Å². The fraction of sp³-hybridized carbons (Fsp3) is 0.333. The van der Waals surface area contributed by atoms with Crippen LogP contribution in [0, 0.1) is 5.92 Å². The van der Waals surface area contributed by atoms with Gasteiger partial charge < -0.3 is 19.8 Å². The molecule has 29 heavy (non-hydrogen) atoms. The minimum absolute atomic E-state index is 0.0402. The maximum atomic E-state index is 12.3. The lowest BCUT2D eigenvalue weighted by Gasteiger charge is -2.09. The van der Waals surface area contributed by atoms with Gasteiger partial charge in [-0.3, -0.25) is 9.78 Å². The van der Waals surface area contributed by atoms with E-state index in [0.717, 1.165) is 42.7 Å². The fourth-order valence-corrected chi connectivity index (χ4v) is 3.25. The highest BCUT2D eigenvalue weighted by molar-refractivity contribution is 6.10. The number of methoxy groups -OCH3 is 1. The van der Waals surface area contributed by atoms with Crippen LogP contribution in [0.25, 0.3) is 22.2 Å². The molecular formula is C21H20N4O4. The molecule has 0 atom stereocenters. The minimum Gasteiger partial charge on any atom is -0.490 e. The molecule has 5 rings (SSSR count). The van der Waals surface area contributed by atoms with E-state index in [0.29, 0.717) is 22.3 Å². The van der Waals surface area contributed by atoms with Crippen LogP contribution in [-0.4, -0.2) is 40.0 Å². The smallest absolute Gasteiger partial charge is 0.340 e. The third-order valence-corrected chi connectivity index (χ3v) is 5.15. The number of hydrogen-bond donors (Lipinski definition) is 2. The summed E-state index contributed by atoms with van der Waals surface area (Å²) in [5.74, 6) is 0.613. The Morgan fingerprint density at radius 2 is 2.03 bits per heavy atom. The molecule has 1 amide bonds. The van der Waals surface area contributed by atoms with Gasteiger partial charge in [0.15, 0.2) is 5.82 Å². The molecule has 2 fully saturated rings. The Labute approximate surface area is 166 Å². The van der Waals surface area contributed by atoms with Gasteiger partial charge in [-0.05, 0) is 37.8 Å². The number of nitrogens with zero attached hydrogens (tertiary/aromatic N) is 2. The number of fused-ring (bicyclic) bond motifs is 1. The number of H-pyrrole nitrogens is 1. The Bertz CT molecular complexity index is 1120. The summed E-state index contributed by atoms with van der Waals surface area (Å²) in [7, 11) is 1.33. The van der Waals surface area contributed by atoms with Gasteiger partial charge >= 0.3 is 5.97 Å². The summed E-state index contributed by atoms with van der Waals surface area (Å²) in [5.41, 5.74) is 2.40. The molecule has 0 aliphatic heterocycles. The number of nitrogens with one attached hydrogen (secondary N) is 2. The highest BCUT2D eigenvalue weighted by Gasteiger charge is 2.31. The highest BCUT2D eigenvalue weighted by atomic mass is 16.5. The molecule has 0 radical (unpaired) electrons. The first-order chi connectivity index (χ1) is 14.1. The van der Waals surface area contributed by atoms with E-state index < -0.39 is 5.97 Å². The van der Waals surface area contributed by atoms with Crippen molar-refractivity contribution in [3.05, 3.63) is 36.3 Å². The van der Waals surface area contributed by atoms with Crippen molar-refractivity contribution in [2.24, 2.45) is 5.92 Å². The molecule has 3 aromatic rings. The molecule has 0 saturated heterocycles. The Morgan fingerprint density at radius 3 is 2.76 bits per heavy atom. The van der Waals surface area contributed by atoms with Gasteiger partial charge in [-0.25, -0.2) is 9.78 Å². The minimum atomic E-state index is -0.492. The summed E-state index contributed by atoms with van der Waals surface area (Å²) < 4.78 is 10.9. The van der Waals surface area contributed by atoms with Crippen LogP contribution >= 0.6 is 0 Å². The summed E-state index contributed by atoms with van der Waals surface area (Å²) >= 11 is 0. The van der Waals surface area contributed by atoms with Gasteiger partial charge in [0, 0.05) is 29.9 Å². The second-order valence-corrected chi connectivity index (χ2v) is 7.44. The van der Waals surface area contributed by atoms with Crippen LogP contribution in [0.2, 0.25) is 0 Å². The lowest BCUT2D eigenvalue weighted by atomic mass is 10.1. The number of carbonyl (C=O) groups is 2. The first-order valence-corrected chi connectivity index (χ1v) is 9.66. The largest absolute Gasteiger partial charge is 0.490 e. The van der Waals surface area contributed by atoms with E-state index >= 15 is 0 Å². The summed E-state index contributed by atoms with van der Waals surface area (Å²) in [6.07, 6.45) is 8.94. The number of anilines is 1. The summed E-state index contributed by atoms with van der Waals surface area (Å²) in [6, 6.07) is 3.67. The first kappa shape index (κ1) is 17.7. The van der Waals surface area contributed by atoms with Gasteiger partial charge in [-0.2, -0.15) is 0 Å². The Kier molecular flexibility index (Phi) is 4.19. The van der Waals surface area contributed by atoms with Gasteiger partial charge in [-0.15, -0.1) is 0 Å². The third-order valence-electron chi connectivity index (χ3n) is 5.15. The maximum absolute atomic E-state index is 12.3. The van der Waals surface area contributed by atoms with Crippen LogP contribution in [0.4, 0.5) is 5.82 Å². The van der Waals surface area contributed by atoms with Crippen LogP contribution in [-0.2, 0) is 9.53 Å². The van der Waals surface area contributed by atoms with Gasteiger partial charge in [-0.1, -0.05) is 0 Å². The SMILES string of the molecule is COC(=O)c1cnc(NC(=O)C2CC2)c2[nH]c(-c3cnccc3OC3CC3)cc12. The average molecular weight is 392 g/mol. The fourth-order valence-electron chi connectivity index (χ4n) is 3.25. The topological polar surface area (TPSA) is 106 Å². The molecule has 0 spiro atoms. The van der Waals surface area contributed by atoms with E-state index in [1.54, 1.807) is 12.4 Å². The normalized spacial score (nSPS) is 15.9. The van der Waals surface area contributed by atoms with Crippen molar-refractivity contribution >= 4 is 28.6 Å². The van der Waals surface area contributed by atoms with E-state index in [1.165, 1.54) is 13.3 Å². The van der Waals surface area contributed by atoms with Crippen molar-refractivity contribution in [2.75, 3.05) is 12.4 Å². The molecule has 148 valence electrons. The van der Waals surface area contributed by atoms with Crippen molar-refractivity contribution in [1.29, 1.82) is 0 Å². The predicted molar refractivity (Wildman–Crippen MR) is 106 cm³/mol. The number of pyridine rings is 2. The van der Waals surface area contributed by atoms with Crippen molar-refractivity contribution in [1.82, 2.24) is 15.0 Å². The number of carbonyl (C=O) groups excluding carboxylic acids is 2. The summed E-state index contributed by atoms with van der Waals surface area (Å²) in [6.45, 7) is 0. The molecule has 2 aliphatic carbocycles. The molecule has 0 aromatic carbocycles. The first-order valence-electron chi connectivity index (χ1n) is 9.66. The van der Waals surface area contributed by atoms with E-state index in [9.17, 15) is 9.59 Å². The quantitative estimate of drug-likeness (QED) is 0.624. The average Bonchev–Trinajstić information content (AvgIpc) is 3.66. The molecule has 2 N–H and O–H groups in total. The Balaban J connectivity index is 1.61. The zero-order chi connectivity index (χ0) is 20.0. The summed E-state index contributed by atoms with van der Waals surface area (Å²) in [5, 5.41) is 3.49. The number of aromatic amines is 1. The second kappa shape index (κ2) is 6.88. The highest BCUT2D eigenvalue weighted by Crippen LogP contribution is 2.37. The van der Waals surface area contributed by atoms with Gasteiger partial charge in [0.1, 0.15) is 5.75 Å². The van der Waals surface area contributed by atoms with E-state index in [4.69, 9.17) is 9.47 Å². The third kappa shape index (κ3) is 3.41. The molecule has 2 aliphatic rings. The zero-order valence-corrected chi connectivity index (χ0v) is 15.9. The molecule has 0 unspecified atom stereocenters. The lowest BCUT2D eigenvalue weighted by Crippen LogP contribution is -2.15. The number of aromatic nitrogens is 3. The number of amides is 1. The molecule has 8 heteroatoms. The second-order valence-electron chi connectivity index (χ2n) is 7.44. The molecule has 0 bridgehead atoms. The number of hydrogen-bond acceptors (Lipinski definition) is 6. The Morgan fingerprint density at radius 1 is 1.21 bits per heavy atom. The monoisotopic (exact) mass is 392 g/mol. The number of rotatable bonds is 6. The number of ether oxygens (including phenoxy) is 2. The Hall–Kier alpha value is -3.42. The van der Waals surface area contributed by atoms with E-state index in [-0.39, 0.29) is 17.9 Å². The predicted octanol–water partition coefficient (Wildman–Crippen LogP) is 3.30. The van der Waals surface area contributed by atoms with Crippen LogP contribution < -0.4 is 10.1 Å². The standard InChI is InChI=1S/C21H20N4O4/c1-28-21(27)14-10-23-19(25-20(26)11-2-3-11)18-13(14)8-16(24-18)15-9-22-7-6-17(15)29-12-4-5-12/h6-12,24H,2-5H2,1H3,(H,23,25,26). The molecule has 3 aromatic heterocycles. The lowest BCUT2D eigenvalue weighted by molar-refractivity contribution is -0.117. The van der Waals surface area contributed by atoms with Crippen LogP contribution in [0.1, 0.15) is 36.0 Å². The van der Waals surface area contributed by atoms with E-state index in [1.807, 2.05) is 12.1 Å². The zero-order valence-electron chi connectivity index (χ0n) is 15.9. The van der Waals surface area contributed by atoms with Gasteiger partial charge in [0.05, 0.1) is 35.6 Å². The van der Waals surface area contributed by atoms with Crippen molar-refractivity contribution < 1.29 is 19.1 Å². The van der Waals surface area contributed by atoms with Crippen molar-refractivity contribution in [3.8, 4) is 17.0 Å². The van der Waals surface area contributed by atoms with Crippen molar-refractivity contribution in [3.63, 3.8) is 0 Å². The van der Waals surface area contributed by atoms with Crippen LogP contribution in [0.5, 0.6) is 5.75 Å². The van der Waals surface area contributed by atoms with Crippen LogP contribution in [0.15, 0.2) is 30.7 Å². The number of esters is 1. The van der Waals surface area contributed by atoms with Crippen LogP contribution in [0.3, 0.4) is 0 Å². The molecular weight excluding hydrogens is 372 g/mol. The molecule has 2 saturated carbocycles. The van der Waals surface area contributed by atoms with Crippen molar-refractivity contribution in [2.45, 2.75) is 31.8 Å². The summed E-state index contributed by atoms with van der Waals surface area (Å²) in [4.78, 5) is 36.3. The molecule has 3 heterocycles.